The van der Waals surface area contributed by atoms with Crippen LogP contribution >= 0.6 is 0 Å². The molecule has 3 unspecified atom stereocenters. The summed E-state index contributed by atoms with van der Waals surface area (Å²) in [4.78, 5) is 0. The SMILES string of the molecule is CC1CC1C(N)c1ccc(C2CCC2)cc1. The van der Waals surface area contributed by atoms with Gasteiger partial charge in [0.15, 0.2) is 0 Å². The van der Waals surface area contributed by atoms with Crippen molar-refractivity contribution in [1.29, 1.82) is 0 Å². The van der Waals surface area contributed by atoms with Gasteiger partial charge in [0.05, 0.1) is 0 Å². The van der Waals surface area contributed by atoms with Crippen molar-refractivity contribution >= 4 is 0 Å². The van der Waals surface area contributed by atoms with Gasteiger partial charge >= 0.3 is 0 Å². The molecule has 0 radical (unpaired) electrons. The van der Waals surface area contributed by atoms with Crippen LogP contribution in [0.3, 0.4) is 0 Å². The molecule has 0 saturated heterocycles. The van der Waals surface area contributed by atoms with E-state index in [2.05, 4.69) is 31.2 Å². The molecule has 0 bridgehead atoms. The van der Waals surface area contributed by atoms with Crippen LogP contribution < -0.4 is 5.73 Å². The topological polar surface area (TPSA) is 26.0 Å². The zero-order valence-corrected chi connectivity index (χ0v) is 10.0. The Hall–Kier alpha value is -0.820. The van der Waals surface area contributed by atoms with Gasteiger partial charge in [0.1, 0.15) is 0 Å². The van der Waals surface area contributed by atoms with Crippen LogP contribution in [-0.4, -0.2) is 0 Å². The molecule has 1 aromatic rings. The molecular formula is C15H21N. The largest absolute Gasteiger partial charge is 0.324 e. The summed E-state index contributed by atoms with van der Waals surface area (Å²) in [7, 11) is 0. The van der Waals surface area contributed by atoms with E-state index in [4.69, 9.17) is 5.73 Å². The summed E-state index contributed by atoms with van der Waals surface area (Å²) >= 11 is 0. The molecule has 2 N–H and O–H groups in total. The van der Waals surface area contributed by atoms with Gasteiger partial charge in [0, 0.05) is 6.04 Å². The molecule has 2 aliphatic carbocycles. The molecule has 0 heterocycles. The Kier molecular flexibility index (Phi) is 2.51. The summed E-state index contributed by atoms with van der Waals surface area (Å²) < 4.78 is 0. The van der Waals surface area contributed by atoms with Crippen LogP contribution in [0.2, 0.25) is 0 Å². The lowest BCUT2D eigenvalue weighted by Crippen LogP contribution is -2.14. The van der Waals surface area contributed by atoms with Crippen LogP contribution in [0.5, 0.6) is 0 Å². The predicted molar refractivity (Wildman–Crippen MR) is 67.2 cm³/mol. The van der Waals surface area contributed by atoms with E-state index < -0.39 is 0 Å². The Labute approximate surface area is 98.0 Å². The molecular weight excluding hydrogens is 194 g/mol. The molecule has 0 aromatic heterocycles. The molecule has 86 valence electrons. The maximum atomic E-state index is 6.26. The van der Waals surface area contributed by atoms with Crippen LogP contribution in [0.4, 0.5) is 0 Å². The Morgan fingerprint density at radius 2 is 1.81 bits per heavy atom. The lowest BCUT2D eigenvalue weighted by atomic mass is 9.80. The Bertz CT molecular complexity index is 364. The third kappa shape index (κ3) is 1.78. The van der Waals surface area contributed by atoms with E-state index in [-0.39, 0.29) is 6.04 Å². The van der Waals surface area contributed by atoms with Crippen molar-refractivity contribution in [2.75, 3.05) is 0 Å². The summed E-state index contributed by atoms with van der Waals surface area (Å²) in [6, 6.07) is 9.37. The number of benzene rings is 1. The van der Waals surface area contributed by atoms with Crippen molar-refractivity contribution in [3.63, 3.8) is 0 Å². The predicted octanol–water partition coefficient (Wildman–Crippen LogP) is 3.61. The van der Waals surface area contributed by atoms with E-state index in [1.807, 2.05) is 0 Å². The first kappa shape index (κ1) is 10.3. The van der Waals surface area contributed by atoms with Gasteiger partial charge in [-0.25, -0.2) is 0 Å². The first-order valence-electron chi connectivity index (χ1n) is 6.61. The molecule has 0 aliphatic heterocycles. The molecule has 2 saturated carbocycles. The van der Waals surface area contributed by atoms with E-state index in [1.165, 1.54) is 36.8 Å². The average Bonchev–Trinajstić information content (AvgIpc) is 2.93. The van der Waals surface area contributed by atoms with Crippen molar-refractivity contribution in [2.45, 2.75) is 44.6 Å². The molecule has 2 fully saturated rings. The number of nitrogens with two attached hydrogens (primary N) is 1. The van der Waals surface area contributed by atoms with Gasteiger partial charge in [0.25, 0.3) is 0 Å². The minimum atomic E-state index is 0.269. The zero-order chi connectivity index (χ0) is 11.1. The highest BCUT2D eigenvalue weighted by Crippen LogP contribution is 2.46. The summed E-state index contributed by atoms with van der Waals surface area (Å²) in [6.07, 6.45) is 5.48. The van der Waals surface area contributed by atoms with Crippen LogP contribution in [-0.2, 0) is 0 Å². The van der Waals surface area contributed by atoms with Crippen molar-refractivity contribution in [3.8, 4) is 0 Å². The lowest BCUT2D eigenvalue weighted by molar-refractivity contribution is 0.419. The number of hydrogen-bond acceptors (Lipinski definition) is 1. The van der Waals surface area contributed by atoms with Crippen molar-refractivity contribution < 1.29 is 0 Å². The standard InChI is InChI=1S/C15H21N/c1-10-9-14(10)15(16)13-7-5-12(6-8-13)11-3-2-4-11/h5-8,10-11,14-15H,2-4,9,16H2,1H3. The average molecular weight is 215 g/mol. The van der Waals surface area contributed by atoms with Crippen molar-refractivity contribution in [3.05, 3.63) is 35.4 Å². The van der Waals surface area contributed by atoms with Crippen molar-refractivity contribution in [2.24, 2.45) is 17.6 Å². The molecule has 1 nitrogen and oxygen atoms in total. The first-order valence-corrected chi connectivity index (χ1v) is 6.61. The zero-order valence-electron chi connectivity index (χ0n) is 10.0. The van der Waals surface area contributed by atoms with E-state index >= 15 is 0 Å². The smallest absolute Gasteiger partial charge is 0.0326 e. The summed E-state index contributed by atoms with van der Waals surface area (Å²) in [5.41, 5.74) is 9.11. The Morgan fingerprint density at radius 3 is 2.25 bits per heavy atom. The second-order valence-electron chi connectivity index (χ2n) is 5.70. The minimum absolute atomic E-state index is 0.269. The highest BCUT2D eigenvalue weighted by Gasteiger charge is 2.38. The maximum absolute atomic E-state index is 6.26. The van der Waals surface area contributed by atoms with Crippen LogP contribution in [0.1, 0.15) is 55.7 Å². The van der Waals surface area contributed by atoms with Gasteiger partial charge in [0.2, 0.25) is 0 Å². The normalized spacial score (nSPS) is 30.9. The van der Waals surface area contributed by atoms with Gasteiger partial charge < -0.3 is 5.73 Å². The highest BCUT2D eigenvalue weighted by atomic mass is 14.7. The fraction of sp³-hybridized carbons (Fsp3) is 0.600. The fourth-order valence-electron chi connectivity index (χ4n) is 2.83. The number of rotatable bonds is 3. The third-order valence-electron chi connectivity index (χ3n) is 4.53. The second kappa shape index (κ2) is 3.89. The molecule has 1 aromatic carbocycles. The van der Waals surface area contributed by atoms with E-state index in [9.17, 15) is 0 Å². The van der Waals surface area contributed by atoms with Crippen LogP contribution in [0.15, 0.2) is 24.3 Å². The Balaban J connectivity index is 1.71. The van der Waals surface area contributed by atoms with Crippen molar-refractivity contribution in [1.82, 2.24) is 0 Å². The first-order chi connectivity index (χ1) is 7.75. The fourth-order valence-corrected chi connectivity index (χ4v) is 2.83. The van der Waals surface area contributed by atoms with Gasteiger partial charge in [-0.05, 0) is 48.1 Å². The van der Waals surface area contributed by atoms with E-state index in [0.29, 0.717) is 0 Å². The van der Waals surface area contributed by atoms with Gasteiger partial charge in [-0.1, -0.05) is 37.6 Å². The molecule has 16 heavy (non-hydrogen) atoms. The van der Waals surface area contributed by atoms with Crippen LogP contribution in [0, 0.1) is 11.8 Å². The molecule has 3 rings (SSSR count). The quantitative estimate of drug-likeness (QED) is 0.819. The van der Waals surface area contributed by atoms with Crippen LogP contribution in [0.25, 0.3) is 0 Å². The molecule has 0 amide bonds. The lowest BCUT2D eigenvalue weighted by Gasteiger charge is -2.26. The summed E-state index contributed by atoms with van der Waals surface area (Å²) in [5.74, 6) is 2.40. The molecule has 1 heteroatoms. The van der Waals surface area contributed by atoms with E-state index in [1.54, 1.807) is 0 Å². The molecule has 3 atom stereocenters. The van der Waals surface area contributed by atoms with E-state index in [0.717, 1.165) is 17.8 Å². The monoisotopic (exact) mass is 215 g/mol. The summed E-state index contributed by atoms with van der Waals surface area (Å²) in [5, 5.41) is 0. The minimum Gasteiger partial charge on any atom is -0.324 e. The molecule has 2 aliphatic rings. The van der Waals surface area contributed by atoms with Gasteiger partial charge in [-0.15, -0.1) is 0 Å². The third-order valence-corrected chi connectivity index (χ3v) is 4.53. The molecule has 0 spiro atoms. The Morgan fingerprint density at radius 1 is 1.19 bits per heavy atom. The second-order valence-corrected chi connectivity index (χ2v) is 5.70. The van der Waals surface area contributed by atoms with Gasteiger partial charge in [-0.2, -0.15) is 0 Å². The van der Waals surface area contributed by atoms with Gasteiger partial charge in [-0.3, -0.25) is 0 Å². The summed E-state index contributed by atoms with van der Waals surface area (Å²) in [6.45, 7) is 2.30. The maximum Gasteiger partial charge on any atom is 0.0326 e. The highest BCUT2D eigenvalue weighted by molar-refractivity contribution is 5.29. The number of hydrogen-bond donors (Lipinski definition) is 1.